The van der Waals surface area contributed by atoms with Crippen molar-refractivity contribution in [1.82, 2.24) is 9.78 Å². The van der Waals surface area contributed by atoms with Gasteiger partial charge in [0.05, 0.1) is 11.4 Å². The minimum absolute atomic E-state index is 0.0647. The molecule has 2 aliphatic heterocycles. The number of fused-ring (bicyclic) bond motifs is 1. The van der Waals surface area contributed by atoms with E-state index in [0.717, 1.165) is 43.4 Å². The van der Waals surface area contributed by atoms with E-state index in [9.17, 15) is 9.90 Å². The Hall–Kier alpha value is -4.54. The second-order valence-electron chi connectivity index (χ2n) is 9.03. The van der Waals surface area contributed by atoms with Crippen molar-refractivity contribution in [1.29, 1.82) is 0 Å². The largest absolute Gasteiger partial charge is 0.476 e. The monoisotopic (exact) mass is 487 g/mol. The van der Waals surface area contributed by atoms with E-state index < -0.39 is 11.6 Å². The van der Waals surface area contributed by atoms with Crippen LogP contribution in [0.4, 0.5) is 5.69 Å². The molecule has 11 heteroatoms. The van der Waals surface area contributed by atoms with E-state index in [1.54, 1.807) is 10.7 Å². The molecule has 184 valence electrons. The van der Waals surface area contributed by atoms with Crippen molar-refractivity contribution >= 4 is 23.6 Å². The first-order valence-electron chi connectivity index (χ1n) is 11.8. The topological polar surface area (TPSA) is 154 Å². The van der Waals surface area contributed by atoms with Crippen LogP contribution in [0.5, 0.6) is 11.5 Å². The van der Waals surface area contributed by atoms with Gasteiger partial charge in [0.15, 0.2) is 17.2 Å². The van der Waals surface area contributed by atoms with Crippen LogP contribution in [-0.4, -0.2) is 45.2 Å². The Kier molecular flexibility index (Phi) is 5.06. The summed E-state index contributed by atoms with van der Waals surface area (Å²) in [7, 11) is 0. The first kappa shape index (κ1) is 22.0. The number of carboxylic acids is 1. The molecule has 1 fully saturated rings. The number of hydrogen-bond acceptors (Lipinski definition) is 9. The number of guanidine groups is 2. The second kappa shape index (κ2) is 8.29. The standard InChI is InChI=1S/C25H25N7O4/c26-23-28-24(27)31(25(29-23)10-2-1-3-11-25)16-5-7-17(8-6-16)32-19(13-18(30-32)22(33)34)15-4-9-20-21(12-15)36-14-35-20/h4-9,12-13H,1-3,10-11,14H2,(H,33,34)(H4,26,27,28,29). The smallest absolute Gasteiger partial charge is 0.356 e. The first-order valence-corrected chi connectivity index (χ1v) is 11.8. The van der Waals surface area contributed by atoms with Crippen LogP contribution in [0.2, 0.25) is 0 Å². The highest BCUT2D eigenvalue weighted by Crippen LogP contribution is 2.40. The summed E-state index contributed by atoms with van der Waals surface area (Å²) in [6.07, 6.45) is 4.88. The summed E-state index contributed by atoms with van der Waals surface area (Å²) in [5.74, 6) is 0.650. The molecule has 0 unspecified atom stereocenters. The average molecular weight is 488 g/mol. The summed E-state index contributed by atoms with van der Waals surface area (Å²) in [5, 5.41) is 13.9. The lowest BCUT2D eigenvalue weighted by molar-refractivity contribution is 0.0690. The third kappa shape index (κ3) is 3.60. The van der Waals surface area contributed by atoms with Crippen LogP contribution in [-0.2, 0) is 0 Å². The molecule has 5 N–H and O–H groups in total. The van der Waals surface area contributed by atoms with Crippen LogP contribution < -0.4 is 25.8 Å². The fourth-order valence-corrected chi connectivity index (χ4v) is 5.18. The van der Waals surface area contributed by atoms with Gasteiger partial charge in [0, 0.05) is 11.3 Å². The molecule has 3 heterocycles. The van der Waals surface area contributed by atoms with Gasteiger partial charge in [-0.3, -0.25) is 4.90 Å². The molecule has 0 bridgehead atoms. The van der Waals surface area contributed by atoms with Gasteiger partial charge in [-0.1, -0.05) is 6.42 Å². The van der Waals surface area contributed by atoms with Gasteiger partial charge >= 0.3 is 5.97 Å². The predicted octanol–water partition coefficient (Wildman–Crippen LogP) is 3.08. The lowest BCUT2D eigenvalue weighted by Gasteiger charge is -2.45. The number of aromatic carboxylic acids is 1. The molecule has 1 saturated carbocycles. The predicted molar refractivity (Wildman–Crippen MR) is 134 cm³/mol. The van der Waals surface area contributed by atoms with E-state index in [4.69, 9.17) is 25.9 Å². The Morgan fingerprint density at radius 1 is 0.944 bits per heavy atom. The molecule has 0 radical (unpaired) electrons. The van der Waals surface area contributed by atoms with Crippen molar-refractivity contribution in [2.45, 2.75) is 37.8 Å². The minimum atomic E-state index is -1.11. The van der Waals surface area contributed by atoms with Crippen molar-refractivity contribution in [2.24, 2.45) is 21.5 Å². The minimum Gasteiger partial charge on any atom is -0.476 e. The van der Waals surface area contributed by atoms with Crippen molar-refractivity contribution in [3.8, 4) is 28.4 Å². The number of ether oxygens (including phenoxy) is 2. The van der Waals surface area contributed by atoms with Gasteiger partial charge in [-0.05, 0) is 74.2 Å². The second-order valence-corrected chi connectivity index (χ2v) is 9.03. The fourth-order valence-electron chi connectivity index (χ4n) is 5.18. The first-order chi connectivity index (χ1) is 17.4. The van der Waals surface area contributed by atoms with Crippen LogP contribution in [0.15, 0.2) is 58.5 Å². The molecular formula is C25H25N7O4. The van der Waals surface area contributed by atoms with Crippen LogP contribution in [0.3, 0.4) is 0 Å². The van der Waals surface area contributed by atoms with Gasteiger partial charge in [-0.15, -0.1) is 0 Å². The number of benzene rings is 2. The maximum absolute atomic E-state index is 11.7. The molecule has 11 nitrogen and oxygen atoms in total. The van der Waals surface area contributed by atoms with Crippen molar-refractivity contribution in [3.05, 3.63) is 54.2 Å². The number of rotatable bonds is 4. The van der Waals surface area contributed by atoms with Crippen molar-refractivity contribution in [3.63, 3.8) is 0 Å². The highest BCUT2D eigenvalue weighted by molar-refractivity contribution is 6.05. The van der Waals surface area contributed by atoms with Crippen LogP contribution in [0.1, 0.15) is 42.6 Å². The summed E-state index contributed by atoms with van der Waals surface area (Å²) in [5.41, 5.74) is 14.6. The van der Waals surface area contributed by atoms with E-state index in [1.807, 2.05) is 41.3 Å². The number of anilines is 1. The Balaban J connectivity index is 1.39. The Bertz CT molecular complexity index is 1400. The summed E-state index contributed by atoms with van der Waals surface area (Å²) >= 11 is 0. The zero-order chi connectivity index (χ0) is 24.9. The number of nitrogens with zero attached hydrogens (tertiary/aromatic N) is 5. The summed E-state index contributed by atoms with van der Waals surface area (Å²) in [6.45, 7) is 0.153. The number of carboxylic acid groups (broad SMARTS) is 1. The third-order valence-electron chi connectivity index (χ3n) is 6.80. The lowest BCUT2D eigenvalue weighted by Crippen LogP contribution is -2.58. The van der Waals surface area contributed by atoms with Gasteiger partial charge in [-0.25, -0.2) is 14.5 Å². The van der Waals surface area contributed by atoms with E-state index in [2.05, 4.69) is 10.1 Å². The maximum Gasteiger partial charge on any atom is 0.356 e. The highest BCUT2D eigenvalue weighted by Gasteiger charge is 2.42. The van der Waals surface area contributed by atoms with Gasteiger partial charge in [0.2, 0.25) is 18.7 Å². The number of nitrogens with two attached hydrogens (primary N) is 2. The molecule has 2 aromatic carbocycles. The van der Waals surface area contributed by atoms with E-state index in [1.165, 1.54) is 6.07 Å². The Morgan fingerprint density at radius 3 is 2.42 bits per heavy atom. The van der Waals surface area contributed by atoms with E-state index >= 15 is 0 Å². The quantitative estimate of drug-likeness (QED) is 0.507. The fraction of sp³-hybridized carbons (Fsp3) is 0.280. The van der Waals surface area contributed by atoms with E-state index in [0.29, 0.717) is 28.8 Å². The molecule has 0 atom stereocenters. The maximum atomic E-state index is 11.7. The normalized spacial score (nSPS) is 18.2. The average Bonchev–Trinajstić information content (AvgIpc) is 3.51. The van der Waals surface area contributed by atoms with Crippen molar-refractivity contribution in [2.75, 3.05) is 11.7 Å². The van der Waals surface area contributed by atoms with Crippen LogP contribution >= 0.6 is 0 Å². The third-order valence-corrected chi connectivity index (χ3v) is 6.80. The number of hydrogen-bond donors (Lipinski definition) is 3. The van der Waals surface area contributed by atoms with Gasteiger partial charge in [0.1, 0.15) is 5.66 Å². The number of aliphatic imine (C=N–C) groups is 2. The molecule has 6 rings (SSSR count). The summed E-state index contributed by atoms with van der Waals surface area (Å²) in [4.78, 5) is 22.6. The summed E-state index contributed by atoms with van der Waals surface area (Å²) in [6, 6.07) is 14.6. The zero-order valence-corrected chi connectivity index (χ0v) is 19.4. The van der Waals surface area contributed by atoms with Crippen LogP contribution in [0.25, 0.3) is 16.9 Å². The summed E-state index contributed by atoms with van der Waals surface area (Å²) < 4.78 is 12.5. The molecule has 3 aromatic rings. The molecule has 1 spiro atoms. The molecule has 0 saturated heterocycles. The molecule has 3 aliphatic rings. The SMILES string of the molecule is NC1=NC2(CCCCC2)N(c2ccc(-n3nc(C(=O)O)cc3-c3ccc4c(c3)OCO4)cc2)C(N)=N1. The van der Waals surface area contributed by atoms with Gasteiger partial charge in [-0.2, -0.15) is 10.1 Å². The Morgan fingerprint density at radius 2 is 1.67 bits per heavy atom. The van der Waals surface area contributed by atoms with Gasteiger partial charge in [0.25, 0.3) is 0 Å². The molecular weight excluding hydrogens is 462 g/mol. The molecule has 1 aromatic heterocycles. The van der Waals surface area contributed by atoms with Gasteiger partial charge < -0.3 is 26.0 Å². The lowest BCUT2D eigenvalue weighted by atomic mass is 9.87. The molecule has 0 amide bonds. The number of carbonyl (C=O) groups is 1. The van der Waals surface area contributed by atoms with Crippen molar-refractivity contribution < 1.29 is 19.4 Å². The van der Waals surface area contributed by atoms with E-state index in [-0.39, 0.29) is 18.4 Å². The van der Waals surface area contributed by atoms with Crippen LogP contribution in [0, 0.1) is 0 Å². The molecule has 36 heavy (non-hydrogen) atoms. The number of aromatic nitrogens is 2. The molecule has 1 aliphatic carbocycles. The Labute approximate surface area is 206 Å². The highest BCUT2D eigenvalue weighted by atomic mass is 16.7. The zero-order valence-electron chi connectivity index (χ0n) is 19.4.